The van der Waals surface area contributed by atoms with E-state index >= 15 is 0 Å². The molecule has 1 aromatic heterocycles. The number of rotatable bonds is 12. The van der Waals surface area contributed by atoms with Crippen molar-refractivity contribution in [2.45, 2.75) is 61.9 Å². The van der Waals surface area contributed by atoms with Gasteiger partial charge in [-0.1, -0.05) is 60.5 Å². The van der Waals surface area contributed by atoms with Gasteiger partial charge in [0.15, 0.2) is 0 Å². The number of hydrogen-bond acceptors (Lipinski definition) is 8. The maximum atomic E-state index is 12.3. The molecule has 2 amide bonds. The summed E-state index contributed by atoms with van der Waals surface area (Å²) in [5.41, 5.74) is 4.10. The average molecular weight is 600 g/mol. The summed E-state index contributed by atoms with van der Waals surface area (Å²) >= 11 is 0. The molecule has 3 heterocycles. The van der Waals surface area contributed by atoms with Crippen LogP contribution < -0.4 is 10.6 Å². The standard InChI is InChI=1S/C28H33N5O2S4/c34-27(5-1-3-24-15-17-36-38-24)29-21-9-7-20(8-10-21)26-19-33(32-31-26)23-13-11-22(12-14-23)30-28(35)6-2-4-25-16-18-37-39-25/h7-14,19,24-25H,1-6,15-18H2,(H,29,34)(H,30,35). The number of carbonyl (C=O) groups excluding carboxylic acids is 2. The normalized spacial score (nSPS) is 18.8. The molecular formula is C28H33N5O2S4. The van der Waals surface area contributed by atoms with Crippen LogP contribution in [0.1, 0.15) is 51.4 Å². The number of nitrogens with zero attached hydrogens (tertiary/aromatic N) is 3. The molecule has 0 radical (unpaired) electrons. The molecule has 206 valence electrons. The highest BCUT2D eigenvalue weighted by atomic mass is 33.1. The zero-order valence-electron chi connectivity index (χ0n) is 21.7. The first-order valence-corrected chi connectivity index (χ1v) is 18.2. The number of anilines is 2. The van der Waals surface area contributed by atoms with E-state index in [0.717, 1.165) is 54.0 Å². The fourth-order valence-corrected chi connectivity index (χ4v) is 10.6. The molecule has 2 saturated heterocycles. The fraction of sp³-hybridized carbons (Fsp3) is 0.429. The number of carbonyl (C=O) groups is 2. The van der Waals surface area contributed by atoms with Crippen LogP contribution in [0.2, 0.25) is 0 Å². The third-order valence-corrected chi connectivity index (χ3v) is 12.7. The predicted molar refractivity (Wildman–Crippen MR) is 169 cm³/mol. The van der Waals surface area contributed by atoms with Crippen LogP contribution in [-0.2, 0) is 9.59 Å². The molecule has 7 nitrogen and oxygen atoms in total. The van der Waals surface area contributed by atoms with Crippen molar-refractivity contribution in [3.05, 3.63) is 54.7 Å². The van der Waals surface area contributed by atoms with Crippen LogP contribution in [0.4, 0.5) is 11.4 Å². The second kappa shape index (κ2) is 14.5. The largest absolute Gasteiger partial charge is 0.326 e. The molecule has 2 N–H and O–H groups in total. The molecule has 5 rings (SSSR count). The minimum atomic E-state index is 0.0587. The van der Waals surface area contributed by atoms with E-state index < -0.39 is 0 Å². The molecule has 2 unspecified atom stereocenters. The van der Waals surface area contributed by atoms with E-state index in [4.69, 9.17) is 0 Å². The third-order valence-electron chi connectivity index (χ3n) is 6.69. The van der Waals surface area contributed by atoms with Gasteiger partial charge in [-0.05, 0) is 74.9 Å². The molecular weight excluding hydrogens is 567 g/mol. The summed E-state index contributed by atoms with van der Waals surface area (Å²) in [5.74, 6) is 2.58. The van der Waals surface area contributed by atoms with Gasteiger partial charge in [-0.15, -0.1) is 5.10 Å². The predicted octanol–water partition coefficient (Wildman–Crippen LogP) is 7.46. The molecule has 0 bridgehead atoms. The van der Waals surface area contributed by atoms with E-state index in [1.807, 2.05) is 97.9 Å². The molecule has 0 spiro atoms. The minimum absolute atomic E-state index is 0.0587. The van der Waals surface area contributed by atoms with Crippen LogP contribution >= 0.6 is 43.2 Å². The van der Waals surface area contributed by atoms with Crippen LogP contribution in [0.25, 0.3) is 16.9 Å². The van der Waals surface area contributed by atoms with Gasteiger partial charge >= 0.3 is 0 Å². The van der Waals surface area contributed by atoms with Crippen LogP contribution in [0.3, 0.4) is 0 Å². The van der Waals surface area contributed by atoms with Crippen molar-refractivity contribution in [3.63, 3.8) is 0 Å². The number of benzene rings is 2. The van der Waals surface area contributed by atoms with E-state index in [9.17, 15) is 9.59 Å². The summed E-state index contributed by atoms with van der Waals surface area (Å²) in [6, 6.07) is 15.3. The molecule has 11 heteroatoms. The van der Waals surface area contributed by atoms with Crippen molar-refractivity contribution in [2.24, 2.45) is 0 Å². The van der Waals surface area contributed by atoms with E-state index in [1.165, 1.54) is 24.3 Å². The molecule has 2 atom stereocenters. The van der Waals surface area contributed by atoms with Crippen LogP contribution in [0.15, 0.2) is 54.7 Å². The van der Waals surface area contributed by atoms with Crippen molar-refractivity contribution in [2.75, 3.05) is 22.1 Å². The Morgan fingerprint density at radius 2 is 1.33 bits per heavy atom. The summed E-state index contributed by atoms with van der Waals surface area (Å²) in [6.45, 7) is 0. The highest BCUT2D eigenvalue weighted by Gasteiger charge is 2.17. The second-order valence-electron chi connectivity index (χ2n) is 9.71. The highest BCUT2D eigenvalue weighted by molar-refractivity contribution is 8.77. The van der Waals surface area contributed by atoms with Gasteiger partial charge in [-0.25, -0.2) is 4.68 Å². The van der Waals surface area contributed by atoms with Gasteiger partial charge in [0.2, 0.25) is 11.8 Å². The monoisotopic (exact) mass is 599 g/mol. The molecule has 39 heavy (non-hydrogen) atoms. The topological polar surface area (TPSA) is 88.9 Å². The zero-order valence-corrected chi connectivity index (χ0v) is 25.0. The van der Waals surface area contributed by atoms with Gasteiger partial charge < -0.3 is 10.6 Å². The first-order chi connectivity index (χ1) is 19.1. The van der Waals surface area contributed by atoms with E-state index in [0.29, 0.717) is 23.3 Å². The molecule has 2 aliphatic heterocycles. The average Bonchev–Trinajstić information content (AvgIpc) is 3.73. The maximum Gasteiger partial charge on any atom is 0.224 e. The van der Waals surface area contributed by atoms with E-state index in [2.05, 4.69) is 20.9 Å². The summed E-state index contributed by atoms with van der Waals surface area (Å²) in [7, 11) is 7.80. The summed E-state index contributed by atoms with van der Waals surface area (Å²) in [5, 5.41) is 16.0. The summed E-state index contributed by atoms with van der Waals surface area (Å²) in [6.07, 6.45) is 9.56. The number of hydrogen-bond donors (Lipinski definition) is 2. The van der Waals surface area contributed by atoms with Crippen molar-refractivity contribution in [1.82, 2.24) is 15.0 Å². The Labute approximate surface area is 245 Å². The summed E-state index contributed by atoms with van der Waals surface area (Å²) < 4.78 is 1.72. The lowest BCUT2D eigenvalue weighted by Gasteiger charge is -2.08. The van der Waals surface area contributed by atoms with Gasteiger partial charge in [0.05, 0.1) is 11.9 Å². The molecule has 0 aliphatic carbocycles. The van der Waals surface area contributed by atoms with Crippen LogP contribution in [0, 0.1) is 0 Å². The van der Waals surface area contributed by atoms with Gasteiger partial charge in [0.1, 0.15) is 5.69 Å². The van der Waals surface area contributed by atoms with Gasteiger partial charge in [0, 0.05) is 51.8 Å². The zero-order chi connectivity index (χ0) is 26.9. The fourth-order valence-electron chi connectivity index (χ4n) is 4.50. The van der Waals surface area contributed by atoms with Gasteiger partial charge in [-0.3, -0.25) is 9.59 Å². The lowest BCUT2D eigenvalue weighted by atomic mass is 10.1. The molecule has 2 aromatic carbocycles. The van der Waals surface area contributed by atoms with Crippen molar-refractivity contribution < 1.29 is 9.59 Å². The minimum Gasteiger partial charge on any atom is -0.326 e. The Morgan fingerprint density at radius 1 is 0.795 bits per heavy atom. The van der Waals surface area contributed by atoms with Crippen LogP contribution in [0.5, 0.6) is 0 Å². The SMILES string of the molecule is O=C(CCCC1CCSS1)Nc1ccc(-c2cn(-c3ccc(NC(=O)CCCC4CCSS4)cc3)nn2)cc1. The van der Waals surface area contributed by atoms with Gasteiger partial charge in [-0.2, -0.15) is 0 Å². The Bertz CT molecular complexity index is 1130. The summed E-state index contributed by atoms with van der Waals surface area (Å²) in [4.78, 5) is 24.6. The Morgan fingerprint density at radius 3 is 1.85 bits per heavy atom. The van der Waals surface area contributed by atoms with Gasteiger partial charge in [0.25, 0.3) is 0 Å². The highest BCUT2D eigenvalue weighted by Crippen LogP contribution is 2.40. The molecule has 2 fully saturated rings. The number of amides is 2. The maximum absolute atomic E-state index is 12.3. The Balaban J connectivity index is 1.07. The first kappa shape index (κ1) is 28.4. The number of nitrogens with one attached hydrogen (secondary N) is 2. The molecule has 0 saturated carbocycles. The van der Waals surface area contributed by atoms with E-state index in [-0.39, 0.29) is 11.8 Å². The Kier molecular flexibility index (Phi) is 10.6. The lowest BCUT2D eigenvalue weighted by molar-refractivity contribution is -0.117. The van der Waals surface area contributed by atoms with Crippen molar-refractivity contribution >= 4 is 66.4 Å². The number of aromatic nitrogens is 3. The Hall–Kier alpha value is -2.08. The third kappa shape index (κ3) is 8.70. The van der Waals surface area contributed by atoms with Crippen molar-refractivity contribution in [1.29, 1.82) is 0 Å². The van der Waals surface area contributed by atoms with Crippen LogP contribution in [-0.4, -0.2) is 48.8 Å². The van der Waals surface area contributed by atoms with E-state index in [1.54, 1.807) is 4.68 Å². The molecule has 2 aliphatic rings. The van der Waals surface area contributed by atoms with Crippen molar-refractivity contribution in [3.8, 4) is 16.9 Å². The smallest absolute Gasteiger partial charge is 0.224 e. The quantitative estimate of drug-likeness (QED) is 0.207. The lowest BCUT2D eigenvalue weighted by Crippen LogP contribution is -2.12. The first-order valence-electron chi connectivity index (χ1n) is 13.4. The second-order valence-corrected chi connectivity index (χ2v) is 15.3. The molecule has 3 aromatic rings.